The predicted octanol–water partition coefficient (Wildman–Crippen LogP) is 5.18. The van der Waals surface area contributed by atoms with E-state index in [2.05, 4.69) is 26.1 Å². The molecule has 0 fully saturated rings. The Morgan fingerprint density at radius 3 is 2.82 bits per heavy atom. The van der Waals surface area contributed by atoms with E-state index in [0.717, 1.165) is 44.8 Å². The molecule has 3 N–H and O–H groups in total. The van der Waals surface area contributed by atoms with E-state index in [1.54, 1.807) is 17.1 Å². The van der Waals surface area contributed by atoms with Crippen LogP contribution in [-0.4, -0.2) is 30.5 Å². The Bertz CT molecular complexity index is 1640. The number of imidazole rings is 1. The van der Waals surface area contributed by atoms with E-state index >= 15 is 0 Å². The monoisotopic (exact) mass is 466 g/mol. The summed E-state index contributed by atoms with van der Waals surface area (Å²) >= 11 is 6.09. The van der Waals surface area contributed by atoms with Crippen LogP contribution in [0.15, 0.2) is 66.6 Å². The van der Waals surface area contributed by atoms with Crippen LogP contribution in [0, 0.1) is 6.92 Å². The fourth-order valence-corrected chi connectivity index (χ4v) is 4.58. The molecule has 3 aromatic heterocycles. The average molecular weight is 467 g/mol. The van der Waals surface area contributed by atoms with Crippen LogP contribution in [0.25, 0.3) is 33.9 Å². The summed E-state index contributed by atoms with van der Waals surface area (Å²) in [6.07, 6.45) is 7.37. The molecular formula is C26H19ClN6O. The van der Waals surface area contributed by atoms with Gasteiger partial charge in [-0.05, 0) is 54.0 Å². The van der Waals surface area contributed by atoms with Crippen molar-refractivity contribution in [2.45, 2.75) is 13.3 Å². The second kappa shape index (κ2) is 7.67. The second-order valence-electron chi connectivity index (χ2n) is 8.36. The number of benzene rings is 2. The molecule has 6 rings (SSSR count). The van der Waals surface area contributed by atoms with Gasteiger partial charge in [0.1, 0.15) is 11.6 Å². The number of aryl methyl sites for hydroxylation is 1. The minimum Gasteiger partial charge on any atom is -0.383 e. The normalized spacial score (nSPS) is 12.7. The third kappa shape index (κ3) is 3.38. The number of fused-ring (bicyclic) bond motifs is 2. The molecule has 1 aliphatic carbocycles. The number of carbonyl (C=O) groups excluding carboxylic acids is 1. The number of hydrogen-bond donors (Lipinski definition) is 2. The van der Waals surface area contributed by atoms with E-state index in [1.807, 2.05) is 49.4 Å². The molecule has 5 aromatic rings. The lowest BCUT2D eigenvalue weighted by atomic mass is 10.00. The van der Waals surface area contributed by atoms with Gasteiger partial charge in [0.2, 0.25) is 0 Å². The number of nitrogens with two attached hydrogens (primary N) is 1. The molecule has 8 heteroatoms. The fraction of sp³-hybridized carbons (Fsp3) is 0.0769. The van der Waals surface area contributed by atoms with Crippen molar-refractivity contribution in [2.24, 2.45) is 0 Å². The number of allylic oxidation sites excluding steroid dienone is 1. The zero-order chi connectivity index (χ0) is 23.4. The van der Waals surface area contributed by atoms with Crippen LogP contribution < -0.4 is 5.73 Å². The number of pyridine rings is 1. The molecule has 0 amide bonds. The Labute approximate surface area is 199 Å². The van der Waals surface area contributed by atoms with Gasteiger partial charge in [-0.3, -0.25) is 9.78 Å². The first-order chi connectivity index (χ1) is 16.5. The zero-order valence-electron chi connectivity index (χ0n) is 18.2. The number of nitrogens with one attached hydrogen (secondary N) is 1. The number of hydrogen-bond acceptors (Lipinski definition) is 5. The number of rotatable bonds is 4. The van der Waals surface area contributed by atoms with Crippen molar-refractivity contribution in [2.75, 3.05) is 5.73 Å². The highest BCUT2D eigenvalue weighted by Crippen LogP contribution is 2.33. The Balaban J connectivity index is 1.28. The third-order valence-corrected chi connectivity index (χ3v) is 6.27. The molecule has 0 spiro atoms. The third-order valence-electron chi connectivity index (χ3n) is 6.06. The van der Waals surface area contributed by atoms with Gasteiger partial charge in [-0.25, -0.2) is 9.67 Å². The quantitative estimate of drug-likeness (QED) is 0.355. The number of Topliss-reactive ketones (excluding diaryl/α,β-unsaturated/α-hetero) is 1. The average Bonchev–Trinajstić information content (AvgIpc) is 3.53. The van der Waals surface area contributed by atoms with Crippen molar-refractivity contribution >= 4 is 40.3 Å². The summed E-state index contributed by atoms with van der Waals surface area (Å²) in [6.45, 7) is 1.90. The van der Waals surface area contributed by atoms with Gasteiger partial charge in [0, 0.05) is 30.0 Å². The minimum absolute atomic E-state index is 0.121. The number of nitrogens with zero attached hydrogens (tertiary/aromatic N) is 4. The molecule has 0 aliphatic heterocycles. The molecule has 0 unspecified atom stereocenters. The van der Waals surface area contributed by atoms with Gasteiger partial charge in [-0.1, -0.05) is 29.8 Å². The van der Waals surface area contributed by atoms with E-state index in [9.17, 15) is 4.79 Å². The summed E-state index contributed by atoms with van der Waals surface area (Å²) in [7, 11) is 0. The first-order valence-electron chi connectivity index (χ1n) is 10.8. The lowest BCUT2D eigenvalue weighted by Crippen LogP contribution is -2.08. The molecular weight excluding hydrogens is 448 g/mol. The number of ketones is 1. The molecule has 3 heterocycles. The van der Waals surface area contributed by atoms with Gasteiger partial charge in [-0.2, -0.15) is 5.10 Å². The van der Waals surface area contributed by atoms with Crippen molar-refractivity contribution in [1.29, 1.82) is 0 Å². The lowest BCUT2D eigenvalue weighted by molar-refractivity contribution is 0.103. The summed E-state index contributed by atoms with van der Waals surface area (Å²) in [5.74, 6) is 1.02. The molecule has 2 aromatic carbocycles. The highest BCUT2D eigenvalue weighted by atomic mass is 35.5. The number of carbonyl (C=O) groups is 1. The van der Waals surface area contributed by atoms with E-state index in [4.69, 9.17) is 17.3 Å². The number of aromatic amines is 1. The smallest absolute Gasteiger partial charge is 0.194 e. The molecule has 7 nitrogen and oxygen atoms in total. The lowest BCUT2D eigenvalue weighted by Gasteiger charge is -2.06. The van der Waals surface area contributed by atoms with Gasteiger partial charge < -0.3 is 10.7 Å². The summed E-state index contributed by atoms with van der Waals surface area (Å²) in [5, 5.41) is 4.98. The SMILES string of the molecule is Cc1nc2ccc(-n3ncc(C(=O)C4=Cc5ccc(-c6cncc(Cl)c6)cc5C4)c3N)cc2[nH]1. The van der Waals surface area contributed by atoms with Gasteiger partial charge in [-0.15, -0.1) is 0 Å². The predicted molar refractivity (Wildman–Crippen MR) is 133 cm³/mol. The molecule has 34 heavy (non-hydrogen) atoms. The van der Waals surface area contributed by atoms with Crippen LogP contribution in [0.4, 0.5) is 5.82 Å². The number of H-pyrrole nitrogens is 1. The zero-order valence-corrected chi connectivity index (χ0v) is 19.0. The second-order valence-corrected chi connectivity index (χ2v) is 8.80. The summed E-state index contributed by atoms with van der Waals surface area (Å²) in [4.78, 5) is 25.1. The van der Waals surface area contributed by atoms with Crippen LogP contribution in [0.2, 0.25) is 5.02 Å². The molecule has 0 atom stereocenters. The first kappa shape index (κ1) is 20.4. The Hall–Kier alpha value is -4.23. The van der Waals surface area contributed by atoms with Gasteiger partial charge in [0.15, 0.2) is 5.78 Å². The fourth-order valence-electron chi connectivity index (χ4n) is 4.41. The highest BCUT2D eigenvalue weighted by molar-refractivity contribution is 6.30. The maximum Gasteiger partial charge on any atom is 0.194 e. The van der Waals surface area contributed by atoms with E-state index in [1.165, 1.54) is 6.20 Å². The molecule has 0 bridgehead atoms. The van der Waals surface area contributed by atoms with Crippen LogP contribution in [0.3, 0.4) is 0 Å². The first-order valence-corrected chi connectivity index (χ1v) is 11.1. The standard InChI is InChI=1S/C26H19ClN6O/c1-14-31-23-5-4-21(10-24(23)32-14)33-26(28)22(13-30-33)25(34)18-7-15-2-3-16(6-17(15)8-18)19-9-20(27)12-29-11-19/h2-7,9-13H,8,28H2,1H3,(H,31,32). The topological polar surface area (TPSA) is 102 Å². The van der Waals surface area contributed by atoms with Crippen molar-refractivity contribution in [3.63, 3.8) is 0 Å². The van der Waals surface area contributed by atoms with Crippen molar-refractivity contribution in [3.8, 4) is 16.8 Å². The maximum absolute atomic E-state index is 13.4. The van der Waals surface area contributed by atoms with Crippen LogP contribution in [0.1, 0.15) is 27.3 Å². The molecule has 1 aliphatic rings. The van der Waals surface area contributed by atoms with Crippen molar-refractivity contribution in [3.05, 3.63) is 94.2 Å². The molecule has 166 valence electrons. The minimum atomic E-state index is -0.121. The summed E-state index contributed by atoms with van der Waals surface area (Å²) in [6, 6.07) is 13.7. The van der Waals surface area contributed by atoms with E-state index in [-0.39, 0.29) is 5.78 Å². The molecule has 0 saturated carbocycles. The molecule has 0 radical (unpaired) electrons. The number of halogens is 1. The van der Waals surface area contributed by atoms with Crippen molar-refractivity contribution < 1.29 is 4.79 Å². The van der Waals surface area contributed by atoms with Crippen molar-refractivity contribution in [1.82, 2.24) is 24.7 Å². The van der Waals surface area contributed by atoms with Crippen LogP contribution in [0.5, 0.6) is 0 Å². The van der Waals surface area contributed by atoms with E-state index in [0.29, 0.717) is 28.4 Å². The summed E-state index contributed by atoms with van der Waals surface area (Å²) in [5.41, 5.74) is 14.0. The number of nitrogen functional groups attached to an aromatic ring is 1. The van der Waals surface area contributed by atoms with Gasteiger partial charge >= 0.3 is 0 Å². The maximum atomic E-state index is 13.4. The van der Waals surface area contributed by atoms with E-state index < -0.39 is 0 Å². The summed E-state index contributed by atoms with van der Waals surface area (Å²) < 4.78 is 1.58. The number of aromatic nitrogens is 5. The Morgan fingerprint density at radius 2 is 1.97 bits per heavy atom. The van der Waals surface area contributed by atoms with Gasteiger partial charge in [0.25, 0.3) is 0 Å². The van der Waals surface area contributed by atoms with Crippen LogP contribution >= 0.6 is 11.6 Å². The molecule has 0 saturated heterocycles. The largest absolute Gasteiger partial charge is 0.383 e. The number of anilines is 1. The Morgan fingerprint density at radius 1 is 1.09 bits per heavy atom. The Kier molecular flexibility index (Phi) is 4.60. The van der Waals surface area contributed by atoms with Crippen LogP contribution in [-0.2, 0) is 6.42 Å². The highest BCUT2D eigenvalue weighted by Gasteiger charge is 2.24. The van der Waals surface area contributed by atoms with Gasteiger partial charge in [0.05, 0.1) is 33.5 Å².